The molecule has 2 heterocycles. The molecule has 0 aliphatic rings. The van der Waals surface area contributed by atoms with Crippen molar-refractivity contribution in [1.82, 2.24) is 10.3 Å². The number of carbonyl (C=O) groups is 2. The molecule has 1 amide bonds. The highest BCUT2D eigenvalue weighted by molar-refractivity contribution is 7.17. The van der Waals surface area contributed by atoms with Crippen molar-refractivity contribution in [2.24, 2.45) is 0 Å². The molecule has 0 saturated carbocycles. The lowest BCUT2D eigenvalue weighted by Crippen LogP contribution is -2.22. The van der Waals surface area contributed by atoms with Crippen molar-refractivity contribution >= 4 is 28.2 Å². The second kappa shape index (κ2) is 6.09. The second-order valence-electron chi connectivity index (χ2n) is 3.92. The Labute approximate surface area is 122 Å². The van der Waals surface area contributed by atoms with E-state index in [-0.39, 0.29) is 22.0 Å². The third-order valence-electron chi connectivity index (χ3n) is 2.49. The molecular formula is C12H9N3O5S. The third-order valence-corrected chi connectivity index (χ3v) is 3.52. The van der Waals surface area contributed by atoms with Crippen LogP contribution in [0.25, 0.3) is 0 Å². The van der Waals surface area contributed by atoms with Gasteiger partial charge in [0.2, 0.25) is 0 Å². The zero-order chi connectivity index (χ0) is 15.4. The maximum atomic E-state index is 11.8. The van der Waals surface area contributed by atoms with Gasteiger partial charge < -0.3 is 10.4 Å². The van der Waals surface area contributed by atoms with Crippen LogP contribution in [0.3, 0.4) is 0 Å². The number of rotatable bonds is 5. The van der Waals surface area contributed by atoms with Crippen molar-refractivity contribution in [3.05, 3.63) is 56.7 Å². The number of carbonyl (C=O) groups excluding carboxylic acids is 1. The van der Waals surface area contributed by atoms with Crippen molar-refractivity contribution in [3.63, 3.8) is 0 Å². The fourth-order valence-electron chi connectivity index (χ4n) is 1.51. The van der Waals surface area contributed by atoms with Crippen LogP contribution < -0.4 is 5.32 Å². The van der Waals surface area contributed by atoms with Gasteiger partial charge in [-0.25, -0.2) is 4.79 Å². The van der Waals surface area contributed by atoms with E-state index < -0.39 is 16.8 Å². The van der Waals surface area contributed by atoms with Gasteiger partial charge in [-0.1, -0.05) is 11.3 Å². The number of aromatic carboxylic acids is 1. The van der Waals surface area contributed by atoms with E-state index in [2.05, 4.69) is 10.3 Å². The molecule has 0 fully saturated rings. The van der Waals surface area contributed by atoms with Crippen molar-refractivity contribution in [1.29, 1.82) is 0 Å². The highest BCUT2D eigenvalue weighted by Gasteiger charge is 2.15. The number of nitrogens with zero attached hydrogens (tertiary/aromatic N) is 2. The number of carboxylic acids is 1. The average Bonchev–Trinajstić information content (AvgIpc) is 2.95. The fourth-order valence-corrected chi connectivity index (χ4v) is 2.25. The van der Waals surface area contributed by atoms with Gasteiger partial charge in [-0.05, 0) is 18.2 Å². The van der Waals surface area contributed by atoms with E-state index in [9.17, 15) is 19.7 Å². The molecule has 0 aromatic carbocycles. The predicted molar refractivity (Wildman–Crippen MR) is 73.3 cm³/mol. The Balaban J connectivity index is 2.02. The fraction of sp³-hybridized carbons (Fsp3) is 0.0833. The van der Waals surface area contributed by atoms with Crippen LogP contribution in [0.5, 0.6) is 0 Å². The number of thiophene rings is 1. The Morgan fingerprint density at radius 1 is 1.38 bits per heavy atom. The Bertz CT molecular complexity index is 712. The molecule has 0 saturated heterocycles. The molecule has 0 unspecified atom stereocenters. The first-order valence-electron chi connectivity index (χ1n) is 5.68. The zero-order valence-corrected chi connectivity index (χ0v) is 11.3. The summed E-state index contributed by atoms with van der Waals surface area (Å²) in [7, 11) is 0. The number of pyridine rings is 1. The molecule has 0 spiro atoms. The van der Waals surface area contributed by atoms with Gasteiger partial charge in [0.1, 0.15) is 0 Å². The molecule has 2 aromatic rings. The first kappa shape index (κ1) is 14.6. The van der Waals surface area contributed by atoms with E-state index in [1.54, 1.807) is 0 Å². The molecule has 0 aliphatic carbocycles. The van der Waals surface area contributed by atoms with E-state index in [4.69, 9.17) is 5.11 Å². The zero-order valence-electron chi connectivity index (χ0n) is 10.5. The van der Waals surface area contributed by atoms with E-state index in [0.717, 1.165) is 11.3 Å². The number of hydrogen-bond donors (Lipinski definition) is 2. The van der Waals surface area contributed by atoms with Gasteiger partial charge in [0.25, 0.3) is 5.91 Å². The quantitative estimate of drug-likeness (QED) is 0.640. The van der Waals surface area contributed by atoms with Gasteiger partial charge in [0.05, 0.1) is 27.6 Å². The second-order valence-corrected chi connectivity index (χ2v) is 4.98. The molecule has 0 aliphatic heterocycles. The van der Waals surface area contributed by atoms with E-state index in [1.165, 1.54) is 30.5 Å². The largest absolute Gasteiger partial charge is 0.478 e. The maximum Gasteiger partial charge on any atom is 0.335 e. The average molecular weight is 307 g/mol. The molecule has 0 atom stereocenters. The van der Waals surface area contributed by atoms with E-state index >= 15 is 0 Å². The SMILES string of the molecule is O=C(O)c1ccnc(CNC(=O)c2ccc([N+](=O)[O-])s2)c1. The Kier molecular flexibility index (Phi) is 4.24. The van der Waals surface area contributed by atoms with Crippen LogP contribution in [0.4, 0.5) is 5.00 Å². The third kappa shape index (κ3) is 3.60. The maximum absolute atomic E-state index is 11.8. The highest BCUT2D eigenvalue weighted by atomic mass is 32.1. The summed E-state index contributed by atoms with van der Waals surface area (Å²) in [6, 6.07) is 5.30. The first-order valence-corrected chi connectivity index (χ1v) is 6.49. The Morgan fingerprint density at radius 3 is 2.76 bits per heavy atom. The molecule has 108 valence electrons. The number of nitro groups is 1. The first-order chi connectivity index (χ1) is 9.97. The minimum atomic E-state index is -1.08. The summed E-state index contributed by atoms with van der Waals surface area (Å²) in [4.78, 5) is 36.7. The molecule has 2 N–H and O–H groups in total. The summed E-state index contributed by atoms with van der Waals surface area (Å²) in [5, 5.41) is 21.8. The molecule has 2 aromatic heterocycles. The summed E-state index contributed by atoms with van der Waals surface area (Å²) in [5.41, 5.74) is 0.454. The van der Waals surface area contributed by atoms with Gasteiger partial charge in [0.15, 0.2) is 0 Å². The number of aromatic nitrogens is 1. The monoisotopic (exact) mass is 307 g/mol. The van der Waals surface area contributed by atoms with E-state index in [0.29, 0.717) is 5.69 Å². The molecule has 2 rings (SSSR count). The number of nitrogens with one attached hydrogen (secondary N) is 1. The van der Waals surface area contributed by atoms with Crippen LogP contribution in [0, 0.1) is 10.1 Å². The predicted octanol–water partition coefficient (Wildman–Crippen LogP) is 1.68. The van der Waals surface area contributed by atoms with Crippen molar-refractivity contribution < 1.29 is 19.6 Å². The van der Waals surface area contributed by atoms with Crippen molar-refractivity contribution in [2.45, 2.75) is 6.54 Å². The number of hydrogen-bond acceptors (Lipinski definition) is 6. The van der Waals surface area contributed by atoms with Crippen LogP contribution in [0.15, 0.2) is 30.5 Å². The number of amides is 1. The molecular weight excluding hydrogens is 298 g/mol. The standard InChI is InChI=1S/C12H9N3O5S/c16-11(9-1-2-10(21-9)15(19)20)14-6-8-5-7(12(17)18)3-4-13-8/h1-5H,6H2,(H,14,16)(H,17,18). The Hall–Kier alpha value is -2.81. The molecule has 0 radical (unpaired) electrons. The minimum absolute atomic E-state index is 0.0334. The van der Waals surface area contributed by atoms with E-state index in [1.807, 2.05) is 0 Å². The smallest absolute Gasteiger partial charge is 0.335 e. The lowest BCUT2D eigenvalue weighted by molar-refractivity contribution is -0.380. The topological polar surface area (TPSA) is 122 Å². The molecule has 21 heavy (non-hydrogen) atoms. The van der Waals surface area contributed by atoms with Gasteiger partial charge in [-0.15, -0.1) is 0 Å². The van der Waals surface area contributed by atoms with Gasteiger partial charge in [-0.3, -0.25) is 19.9 Å². The summed E-state index contributed by atoms with van der Waals surface area (Å²) in [6.45, 7) is 0.0334. The highest BCUT2D eigenvalue weighted by Crippen LogP contribution is 2.23. The molecule has 8 nitrogen and oxygen atoms in total. The summed E-state index contributed by atoms with van der Waals surface area (Å²) >= 11 is 0.767. The normalized spacial score (nSPS) is 10.1. The van der Waals surface area contributed by atoms with Gasteiger partial charge in [0, 0.05) is 12.3 Å². The summed E-state index contributed by atoms with van der Waals surface area (Å²) < 4.78 is 0. The van der Waals surface area contributed by atoms with Gasteiger partial charge in [-0.2, -0.15) is 0 Å². The van der Waals surface area contributed by atoms with Crippen molar-refractivity contribution in [3.8, 4) is 0 Å². The van der Waals surface area contributed by atoms with Crippen LogP contribution in [0.2, 0.25) is 0 Å². The lowest BCUT2D eigenvalue weighted by Gasteiger charge is -2.03. The molecule has 9 heteroatoms. The summed E-state index contributed by atoms with van der Waals surface area (Å²) in [6.07, 6.45) is 1.33. The lowest BCUT2D eigenvalue weighted by atomic mass is 10.2. The van der Waals surface area contributed by atoms with Crippen molar-refractivity contribution in [2.75, 3.05) is 0 Å². The van der Waals surface area contributed by atoms with Gasteiger partial charge >= 0.3 is 11.0 Å². The van der Waals surface area contributed by atoms with Crippen LogP contribution in [-0.4, -0.2) is 26.9 Å². The minimum Gasteiger partial charge on any atom is -0.478 e. The van der Waals surface area contributed by atoms with Crippen LogP contribution >= 0.6 is 11.3 Å². The molecule has 0 bridgehead atoms. The van der Waals surface area contributed by atoms with Crippen LogP contribution in [0.1, 0.15) is 25.7 Å². The van der Waals surface area contributed by atoms with Crippen LogP contribution in [-0.2, 0) is 6.54 Å². The Morgan fingerprint density at radius 2 is 2.14 bits per heavy atom. The summed E-state index contributed by atoms with van der Waals surface area (Å²) in [5.74, 6) is -1.56. The number of carboxylic acid groups (broad SMARTS) is 1.